The van der Waals surface area contributed by atoms with Crippen LogP contribution in [0.3, 0.4) is 0 Å². The van der Waals surface area contributed by atoms with E-state index >= 15 is 0 Å². The van der Waals surface area contributed by atoms with Crippen LogP contribution >= 0.6 is 0 Å². The van der Waals surface area contributed by atoms with Crippen LogP contribution in [0.1, 0.15) is 27.7 Å². The zero-order valence-corrected chi connectivity index (χ0v) is 13.2. The normalized spacial score (nSPS) is 25.5. The van der Waals surface area contributed by atoms with Gasteiger partial charge in [0, 0.05) is 20.1 Å². The molecule has 9 nitrogen and oxygen atoms in total. The number of hydrogen-bond acceptors (Lipinski definition) is 8. The van der Waals surface area contributed by atoms with E-state index in [1.807, 2.05) is 0 Å². The van der Waals surface area contributed by atoms with E-state index in [0.29, 0.717) is 0 Å². The minimum absolute atomic E-state index is 0.153. The third-order valence-electron chi connectivity index (χ3n) is 2.50. The molecule has 9 heteroatoms. The quantitative estimate of drug-likeness (QED) is 0.311. The first-order valence-electron chi connectivity index (χ1n) is 6.66. The molecule has 0 fully saturated rings. The summed E-state index contributed by atoms with van der Waals surface area (Å²) in [6, 6.07) is 0. The molecule has 0 aromatic carbocycles. The lowest BCUT2D eigenvalue weighted by Gasteiger charge is -2.31. The van der Waals surface area contributed by atoms with Gasteiger partial charge in [0.25, 0.3) is 5.70 Å². The SMILES string of the molecule is CO[C@H]1O[C@H](COC(C)=O)C=C([N+](=O)[O-])[C@@H]1OOC(C)(C)C. The smallest absolute Gasteiger partial charge is 0.302 e. The van der Waals surface area contributed by atoms with Crippen molar-refractivity contribution in [3.63, 3.8) is 0 Å². The second-order valence-electron chi connectivity index (χ2n) is 5.64. The molecule has 0 bridgehead atoms. The van der Waals surface area contributed by atoms with Crippen molar-refractivity contribution in [2.75, 3.05) is 13.7 Å². The lowest BCUT2D eigenvalue weighted by Crippen LogP contribution is -2.45. The van der Waals surface area contributed by atoms with Crippen molar-refractivity contribution in [1.29, 1.82) is 0 Å². The summed E-state index contributed by atoms with van der Waals surface area (Å²) < 4.78 is 15.3. The summed E-state index contributed by atoms with van der Waals surface area (Å²) in [5.41, 5.74) is -0.936. The van der Waals surface area contributed by atoms with E-state index in [1.165, 1.54) is 20.1 Å². The van der Waals surface area contributed by atoms with Crippen LogP contribution in [-0.4, -0.2) is 48.7 Å². The fourth-order valence-corrected chi connectivity index (χ4v) is 1.63. The third-order valence-corrected chi connectivity index (χ3v) is 2.50. The summed E-state index contributed by atoms with van der Waals surface area (Å²) in [4.78, 5) is 31.7. The number of nitro groups is 1. The molecule has 0 aromatic rings. The van der Waals surface area contributed by atoms with Gasteiger partial charge in [-0.2, -0.15) is 0 Å². The number of carbonyl (C=O) groups is 1. The molecule has 0 N–H and O–H groups in total. The zero-order chi connectivity index (χ0) is 16.9. The van der Waals surface area contributed by atoms with Gasteiger partial charge in [-0.1, -0.05) is 0 Å². The Labute approximate surface area is 128 Å². The van der Waals surface area contributed by atoms with Gasteiger partial charge in [0.1, 0.15) is 12.7 Å². The molecule has 126 valence electrons. The monoisotopic (exact) mass is 319 g/mol. The Kier molecular flexibility index (Phi) is 6.42. The molecule has 0 aromatic heterocycles. The Morgan fingerprint density at radius 1 is 1.45 bits per heavy atom. The van der Waals surface area contributed by atoms with Gasteiger partial charge in [-0.05, 0) is 20.8 Å². The number of hydrogen-bond donors (Lipinski definition) is 0. The number of carbonyl (C=O) groups excluding carboxylic acids is 1. The van der Waals surface area contributed by atoms with Crippen LogP contribution in [0.2, 0.25) is 0 Å². The minimum atomic E-state index is -1.16. The maximum absolute atomic E-state index is 11.2. The molecule has 1 aliphatic heterocycles. The van der Waals surface area contributed by atoms with Crippen LogP contribution in [0.4, 0.5) is 0 Å². The molecule has 1 heterocycles. The number of esters is 1. The first-order chi connectivity index (χ1) is 10.1. The van der Waals surface area contributed by atoms with E-state index < -0.39 is 35.0 Å². The number of nitrogens with zero attached hydrogens (tertiary/aromatic N) is 1. The van der Waals surface area contributed by atoms with Crippen molar-refractivity contribution < 1.29 is 33.7 Å². The second-order valence-corrected chi connectivity index (χ2v) is 5.64. The Morgan fingerprint density at radius 3 is 2.55 bits per heavy atom. The van der Waals surface area contributed by atoms with Crippen LogP contribution in [0.25, 0.3) is 0 Å². The molecule has 0 aliphatic carbocycles. The van der Waals surface area contributed by atoms with Crippen molar-refractivity contribution in [1.82, 2.24) is 0 Å². The molecular weight excluding hydrogens is 298 g/mol. The summed E-state index contributed by atoms with van der Waals surface area (Å²) in [6.07, 6.45) is -1.81. The first kappa shape index (κ1) is 18.5. The van der Waals surface area contributed by atoms with Crippen molar-refractivity contribution in [2.24, 2.45) is 0 Å². The Hall–Kier alpha value is -1.55. The number of methoxy groups -OCH3 is 1. The molecule has 1 aliphatic rings. The molecule has 0 radical (unpaired) electrons. The van der Waals surface area contributed by atoms with Gasteiger partial charge in [-0.25, -0.2) is 9.78 Å². The zero-order valence-electron chi connectivity index (χ0n) is 13.2. The summed E-state index contributed by atoms with van der Waals surface area (Å²) in [5.74, 6) is -0.511. The number of ether oxygens (including phenoxy) is 3. The molecule has 0 spiro atoms. The summed E-state index contributed by atoms with van der Waals surface area (Å²) in [5, 5.41) is 11.2. The lowest BCUT2D eigenvalue weighted by atomic mass is 10.1. The maximum Gasteiger partial charge on any atom is 0.302 e. The fourth-order valence-electron chi connectivity index (χ4n) is 1.63. The van der Waals surface area contributed by atoms with Crippen molar-refractivity contribution in [3.05, 3.63) is 21.9 Å². The Bertz CT molecular complexity index is 442. The second kappa shape index (κ2) is 7.63. The highest BCUT2D eigenvalue weighted by Crippen LogP contribution is 2.25. The predicted octanol–water partition coefficient (Wildman–Crippen LogP) is 1.20. The van der Waals surface area contributed by atoms with Gasteiger partial charge >= 0.3 is 5.97 Å². The fraction of sp³-hybridized carbons (Fsp3) is 0.769. The molecular formula is C13H21NO8. The van der Waals surface area contributed by atoms with Gasteiger partial charge in [0.2, 0.25) is 6.10 Å². The first-order valence-corrected chi connectivity index (χ1v) is 6.66. The van der Waals surface area contributed by atoms with E-state index in [9.17, 15) is 14.9 Å². The Morgan fingerprint density at radius 2 is 2.09 bits per heavy atom. The maximum atomic E-state index is 11.2. The topological polar surface area (TPSA) is 106 Å². The predicted molar refractivity (Wildman–Crippen MR) is 73.1 cm³/mol. The van der Waals surface area contributed by atoms with Gasteiger partial charge in [-0.15, -0.1) is 0 Å². The summed E-state index contributed by atoms with van der Waals surface area (Å²) in [7, 11) is 1.32. The van der Waals surface area contributed by atoms with Gasteiger partial charge in [0.05, 0.1) is 10.5 Å². The molecule has 0 saturated carbocycles. The van der Waals surface area contributed by atoms with Gasteiger partial charge in [-0.3, -0.25) is 14.9 Å². The van der Waals surface area contributed by atoms with Crippen LogP contribution in [0.15, 0.2) is 11.8 Å². The van der Waals surface area contributed by atoms with Crippen LogP contribution < -0.4 is 0 Å². The van der Waals surface area contributed by atoms with Crippen molar-refractivity contribution >= 4 is 5.97 Å². The van der Waals surface area contributed by atoms with Crippen LogP contribution in [0.5, 0.6) is 0 Å². The summed E-state index contributed by atoms with van der Waals surface area (Å²) >= 11 is 0. The van der Waals surface area contributed by atoms with E-state index in [2.05, 4.69) is 0 Å². The molecule has 0 saturated heterocycles. The standard InChI is InChI=1S/C13H21NO8/c1-8(15)19-7-9-6-10(14(16)17)11(12(18-5)20-9)21-22-13(2,3)4/h6,9,11-12H,7H2,1-5H3/t9-,11-,12-/m0/s1. The van der Waals surface area contributed by atoms with Crippen molar-refractivity contribution in [3.8, 4) is 0 Å². The highest BCUT2D eigenvalue weighted by Gasteiger charge is 2.43. The minimum Gasteiger partial charge on any atom is -0.463 e. The van der Waals surface area contributed by atoms with E-state index in [4.69, 9.17) is 24.0 Å². The lowest BCUT2D eigenvalue weighted by molar-refractivity contribution is -0.480. The van der Waals surface area contributed by atoms with Crippen molar-refractivity contribution in [2.45, 2.75) is 51.8 Å². The van der Waals surface area contributed by atoms with Crippen LogP contribution in [-0.2, 0) is 28.8 Å². The molecule has 22 heavy (non-hydrogen) atoms. The average Bonchev–Trinajstić information content (AvgIpc) is 2.41. The number of rotatable bonds is 6. The molecule has 3 atom stereocenters. The largest absolute Gasteiger partial charge is 0.463 e. The molecule has 0 amide bonds. The highest BCUT2D eigenvalue weighted by molar-refractivity contribution is 5.65. The van der Waals surface area contributed by atoms with E-state index in [1.54, 1.807) is 20.8 Å². The summed E-state index contributed by atoms with van der Waals surface area (Å²) in [6.45, 7) is 6.28. The Balaban J connectivity index is 2.90. The molecule has 1 rings (SSSR count). The highest BCUT2D eigenvalue weighted by atomic mass is 17.2. The average molecular weight is 319 g/mol. The van der Waals surface area contributed by atoms with Crippen LogP contribution in [0, 0.1) is 10.1 Å². The third kappa shape index (κ3) is 5.68. The van der Waals surface area contributed by atoms with Gasteiger partial charge < -0.3 is 14.2 Å². The van der Waals surface area contributed by atoms with E-state index in [0.717, 1.165) is 0 Å². The van der Waals surface area contributed by atoms with E-state index in [-0.39, 0.29) is 12.3 Å². The molecule has 0 unspecified atom stereocenters. The van der Waals surface area contributed by atoms with Gasteiger partial charge in [0.15, 0.2) is 6.29 Å².